The highest BCUT2D eigenvalue weighted by molar-refractivity contribution is 7.91. The van der Waals surface area contributed by atoms with E-state index in [4.69, 9.17) is 0 Å². The summed E-state index contributed by atoms with van der Waals surface area (Å²) in [5.74, 6) is -0.0269. The van der Waals surface area contributed by atoms with E-state index in [1.165, 1.54) is 12.1 Å². The zero-order valence-corrected chi connectivity index (χ0v) is 8.93. The lowest BCUT2D eigenvalue weighted by molar-refractivity contribution is 0.530. The predicted octanol–water partition coefficient (Wildman–Crippen LogP) is 0.885. The molecule has 1 aliphatic heterocycles. The van der Waals surface area contributed by atoms with Crippen LogP contribution in [-0.2, 0) is 9.84 Å². The maximum atomic E-state index is 12.7. The molecule has 0 bridgehead atoms. The van der Waals surface area contributed by atoms with E-state index in [1.54, 1.807) is 12.1 Å². The average Bonchev–Trinajstić information content (AvgIpc) is 2.17. The first-order valence-corrected chi connectivity index (χ1v) is 6.58. The number of nitrogens with one attached hydrogen (secondary N) is 1. The summed E-state index contributed by atoms with van der Waals surface area (Å²) in [4.78, 5) is 0. The number of sulfone groups is 1. The van der Waals surface area contributed by atoms with E-state index < -0.39 is 9.84 Å². The van der Waals surface area contributed by atoms with E-state index in [9.17, 15) is 12.8 Å². The summed E-state index contributed by atoms with van der Waals surface area (Å²) in [6.07, 6.45) is 0. The van der Waals surface area contributed by atoms with Crippen LogP contribution in [0.25, 0.3) is 0 Å². The molecule has 0 aromatic heterocycles. The molecule has 1 aliphatic rings. The standard InChI is InChI=1S/C10H12FNO2S/c11-9-3-1-8(2-4-9)10-7-15(13,14)6-5-12-10/h1-4,10,12H,5-7H2. The van der Waals surface area contributed by atoms with Crippen LogP contribution in [0.5, 0.6) is 0 Å². The van der Waals surface area contributed by atoms with Crippen molar-refractivity contribution in [2.24, 2.45) is 0 Å². The van der Waals surface area contributed by atoms with E-state index in [1.807, 2.05) is 0 Å². The van der Waals surface area contributed by atoms with E-state index in [-0.39, 0.29) is 23.4 Å². The number of benzene rings is 1. The van der Waals surface area contributed by atoms with Gasteiger partial charge >= 0.3 is 0 Å². The monoisotopic (exact) mass is 229 g/mol. The lowest BCUT2D eigenvalue weighted by Crippen LogP contribution is -2.39. The normalized spacial score (nSPS) is 25.0. The fraction of sp³-hybridized carbons (Fsp3) is 0.400. The molecule has 0 amide bonds. The predicted molar refractivity (Wildman–Crippen MR) is 55.8 cm³/mol. The molecule has 1 heterocycles. The number of hydrogen-bond acceptors (Lipinski definition) is 3. The van der Waals surface area contributed by atoms with Gasteiger partial charge in [-0.2, -0.15) is 0 Å². The third-order valence-corrected chi connectivity index (χ3v) is 4.16. The molecule has 0 saturated carbocycles. The summed E-state index contributed by atoms with van der Waals surface area (Å²) < 4.78 is 35.4. The van der Waals surface area contributed by atoms with Gasteiger partial charge in [0.2, 0.25) is 0 Å². The molecule has 3 nitrogen and oxygen atoms in total. The minimum atomic E-state index is -2.95. The van der Waals surface area contributed by atoms with Gasteiger partial charge in [0, 0.05) is 12.6 Å². The van der Waals surface area contributed by atoms with E-state index in [2.05, 4.69) is 5.32 Å². The highest BCUT2D eigenvalue weighted by Gasteiger charge is 2.25. The van der Waals surface area contributed by atoms with Gasteiger partial charge in [-0.15, -0.1) is 0 Å². The van der Waals surface area contributed by atoms with Crippen LogP contribution in [0.4, 0.5) is 4.39 Å². The number of halogens is 1. The summed E-state index contributed by atoms with van der Waals surface area (Å²) in [6, 6.07) is 5.72. The molecule has 2 rings (SSSR count). The minimum Gasteiger partial charge on any atom is -0.308 e. The zero-order chi connectivity index (χ0) is 10.9. The third kappa shape index (κ3) is 2.54. The van der Waals surface area contributed by atoms with Crippen LogP contribution in [0, 0.1) is 5.82 Å². The SMILES string of the molecule is O=S1(=O)CCNC(c2ccc(F)cc2)C1. The second-order valence-electron chi connectivity index (χ2n) is 3.67. The highest BCUT2D eigenvalue weighted by atomic mass is 32.2. The molecule has 1 aromatic rings. The van der Waals surface area contributed by atoms with E-state index in [0.717, 1.165) is 5.56 Å². The molecule has 1 saturated heterocycles. The van der Waals surface area contributed by atoms with Crippen molar-refractivity contribution in [1.29, 1.82) is 0 Å². The first kappa shape index (κ1) is 10.6. The van der Waals surface area contributed by atoms with Crippen LogP contribution in [-0.4, -0.2) is 26.5 Å². The first-order valence-electron chi connectivity index (χ1n) is 4.76. The molecule has 1 N–H and O–H groups in total. The lowest BCUT2D eigenvalue weighted by Gasteiger charge is -2.23. The fourth-order valence-electron chi connectivity index (χ4n) is 1.69. The van der Waals surface area contributed by atoms with Crippen LogP contribution in [0.1, 0.15) is 11.6 Å². The second kappa shape index (κ2) is 3.90. The molecule has 1 fully saturated rings. The Morgan fingerprint density at radius 3 is 2.53 bits per heavy atom. The molecule has 0 spiro atoms. The Kier molecular flexibility index (Phi) is 2.75. The Bertz CT molecular complexity index is 441. The van der Waals surface area contributed by atoms with E-state index in [0.29, 0.717) is 6.54 Å². The van der Waals surface area contributed by atoms with Crippen molar-refractivity contribution >= 4 is 9.84 Å². The highest BCUT2D eigenvalue weighted by Crippen LogP contribution is 2.18. The number of rotatable bonds is 1. The maximum Gasteiger partial charge on any atom is 0.153 e. The van der Waals surface area contributed by atoms with Crippen LogP contribution in [0.15, 0.2) is 24.3 Å². The first-order chi connectivity index (χ1) is 7.07. The van der Waals surface area contributed by atoms with Crippen molar-refractivity contribution in [2.75, 3.05) is 18.1 Å². The van der Waals surface area contributed by atoms with E-state index >= 15 is 0 Å². The van der Waals surface area contributed by atoms with Crippen LogP contribution >= 0.6 is 0 Å². The number of hydrogen-bond donors (Lipinski definition) is 1. The van der Waals surface area contributed by atoms with Gasteiger partial charge in [0.15, 0.2) is 9.84 Å². The fourth-order valence-corrected chi connectivity index (χ4v) is 3.11. The molecule has 1 atom stereocenters. The Hall–Kier alpha value is -0.940. The molecule has 0 aliphatic carbocycles. The quantitative estimate of drug-likeness (QED) is 0.777. The summed E-state index contributed by atoms with van der Waals surface area (Å²) in [5, 5.41) is 3.11. The molecule has 0 radical (unpaired) electrons. The Morgan fingerprint density at radius 2 is 1.93 bits per heavy atom. The summed E-state index contributed by atoms with van der Waals surface area (Å²) in [6.45, 7) is 0.463. The molecule has 1 unspecified atom stereocenters. The zero-order valence-electron chi connectivity index (χ0n) is 8.11. The van der Waals surface area contributed by atoms with Gasteiger partial charge < -0.3 is 5.32 Å². The molecule has 5 heteroatoms. The molecule has 82 valence electrons. The topological polar surface area (TPSA) is 46.2 Å². The van der Waals surface area contributed by atoms with Crippen LogP contribution in [0.2, 0.25) is 0 Å². The van der Waals surface area contributed by atoms with Gasteiger partial charge in [-0.1, -0.05) is 12.1 Å². The van der Waals surface area contributed by atoms with Crippen molar-refractivity contribution in [3.05, 3.63) is 35.6 Å². The summed E-state index contributed by atoms with van der Waals surface area (Å²) in [5.41, 5.74) is 0.819. The van der Waals surface area contributed by atoms with Crippen molar-refractivity contribution in [3.63, 3.8) is 0 Å². The van der Waals surface area contributed by atoms with Gasteiger partial charge in [-0.05, 0) is 17.7 Å². The minimum absolute atomic E-state index is 0.0959. The largest absolute Gasteiger partial charge is 0.308 e. The molecule has 15 heavy (non-hydrogen) atoms. The van der Waals surface area contributed by atoms with Gasteiger partial charge in [-0.25, -0.2) is 12.8 Å². The second-order valence-corrected chi connectivity index (χ2v) is 5.90. The van der Waals surface area contributed by atoms with Gasteiger partial charge in [-0.3, -0.25) is 0 Å². The Morgan fingerprint density at radius 1 is 1.27 bits per heavy atom. The van der Waals surface area contributed by atoms with Gasteiger partial charge in [0.25, 0.3) is 0 Å². The Labute approximate surface area is 88.2 Å². The third-order valence-electron chi connectivity index (χ3n) is 2.50. The lowest BCUT2D eigenvalue weighted by atomic mass is 10.1. The smallest absolute Gasteiger partial charge is 0.153 e. The van der Waals surface area contributed by atoms with Crippen molar-refractivity contribution in [2.45, 2.75) is 6.04 Å². The van der Waals surface area contributed by atoms with Gasteiger partial charge in [0.05, 0.1) is 11.5 Å². The Balaban J connectivity index is 2.21. The average molecular weight is 229 g/mol. The van der Waals surface area contributed by atoms with Crippen molar-refractivity contribution < 1.29 is 12.8 Å². The molecular formula is C10H12FNO2S. The van der Waals surface area contributed by atoms with Crippen LogP contribution < -0.4 is 5.32 Å². The summed E-state index contributed by atoms with van der Waals surface area (Å²) in [7, 11) is -2.95. The van der Waals surface area contributed by atoms with Crippen LogP contribution in [0.3, 0.4) is 0 Å². The van der Waals surface area contributed by atoms with Crippen molar-refractivity contribution in [1.82, 2.24) is 5.32 Å². The molecular weight excluding hydrogens is 217 g/mol. The molecule has 1 aromatic carbocycles. The summed E-state index contributed by atoms with van der Waals surface area (Å²) >= 11 is 0. The maximum absolute atomic E-state index is 12.7. The van der Waals surface area contributed by atoms with Gasteiger partial charge in [0.1, 0.15) is 5.82 Å². The van der Waals surface area contributed by atoms with Crippen molar-refractivity contribution in [3.8, 4) is 0 Å².